The van der Waals surface area contributed by atoms with Crippen molar-refractivity contribution in [3.05, 3.63) is 76.9 Å². The number of nitrogens with one attached hydrogen (secondary N) is 1. The first kappa shape index (κ1) is 15.5. The lowest BCUT2D eigenvalue weighted by molar-refractivity contribution is 0.0958. The normalized spacial score (nSPS) is 10.9. The van der Waals surface area contributed by atoms with Crippen LogP contribution in [-0.4, -0.2) is 27.0 Å². The summed E-state index contributed by atoms with van der Waals surface area (Å²) in [6.45, 7) is 0.515. The fourth-order valence-electron chi connectivity index (χ4n) is 2.76. The van der Waals surface area contributed by atoms with Gasteiger partial charge in [0.15, 0.2) is 5.65 Å². The van der Waals surface area contributed by atoms with Crippen LogP contribution < -0.4 is 5.32 Å². The molecule has 1 N–H and O–H groups in total. The van der Waals surface area contributed by atoms with Crippen molar-refractivity contribution < 1.29 is 4.79 Å². The van der Waals surface area contributed by atoms with Gasteiger partial charge in [-0.1, -0.05) is 36.4 Å². The Balaban J connectivity index is 1.44. The maximum Gasteiger partial charge on any atom is 0.262 e. The number of nitrogens with zero attached hydrogens (tertiary/aromatic N) is 3. The molecule has 1 aromatic carbocycles. The van der Waals surface area contributed by atoms with E-state index in [2.05, 4.69) is 15.5 Å². The number of thiophene rings is 1. The fraction of sp³-hybridized carbons (Fsp3) is 0.105. The summed E-state index contributed by atoms with van der Waals surface area (Å²) in [5.74, 6) is 0.785. The molecule has 0 spiro atoms. The smallest absolute Gasteiger partial charge is 0.262 e. The lowest BCUT2D eigenvalue weighted by Crippen LogP contribution is -2.25. The van der Waals surface area contributed by atoms with Gasteiger partial charge in [-0.3, -0.25) is 9.20 Å². The van der Waals surface area contributed by atoms with Gasteiger partial charge in [0.25, 0.3) is 5.91 Å². The molecule has 3 heterocycles. The number of fused-ring (bicyclic) bond motifs is 1. The highest BCUT2D eigenvalue weighted by atomic mass is 32.1. The van der Waals surface area contributed by atoms with Crippen molar-refractivity contribution >= 4 is 22.9 Å². The van der Waals surface area contributed by atoms with Gasteiger partial charge >= 0.3 is 0 Å². The lowest BCUT2D eigenvalue weighted by Gasteiger charge is -2.06. The number of benzene rings is 1. The zero-order valence-electron chi connectivity index (χ0n) is 13.4. The minimum Gasteiger partial charge on any atom is -0.351 e. The molecule has 4 aromatic rings. The van der Waals surface area contributed by atoms with Crippen molar-refractivity contribution in [1.29, 1.82) is 0 Å². The predicted octanol–water partition coefficient (Wildman–Crippen LogP) is 3.43. The zero-order valence-corrected chi connectivity index (χ0v) is 14.2. The third-order valence-electron chi connectivity index (χ3n) is 3.97. The molecule has 124 valence electrons. The molecule has 0 radical (unpaired) electrons. The molecule has 0 fully saturated rings. The molecule has 3 aromatic heterocycles. The maximum atomic E-state index is 12.5. The molecule has 25 heavy (non-hydrogen) atoms. The quantitative estimate of drug-likeness (QED) is 0.601. The summed E-state index contributed by atoms with van der Waals surface area (Å²) < 4.78 is 1.94. The summed E-state index contributed by atoms with van der Waals surface area (Å²) >= 11 is 1.46. The third-order valence-corrected chi connectivity index (χ3v) is 4.89. The number of amides is 1. The molecular weight excluding hydrogens is 332 g/mol. The van der Waals surface area contributed by atoms with Crippen molar-refractivity contribution in [2.45, 2.75) is 6.42 Å². The van der Waals surface area contributed by atoms with Gasteiger partial charge in [-0.25, -0.2) is 0 Å². The van der Waals surface area contributed by atoms with Crippen LogP contribution in [0.15, 0.2) is 66.2 Å². The van der Waals surface area contributed by atoms with Crippen molar-refractivity contribution in [1.82, 2.24) is 19.9 Å². The molecule has 0 saturated heterocycles. The van der Waals surface area contributed by atoms with Crippen molar-refractivity contribution in [2.75, 3.05) is 6.54 Å². The van der Waals surface area contributed by atoms with Crippen molar-refractivity contribution in [2.24, 2.45) is 0 Å². The fourth-order valence-corrected chi connectivity index (χ4v) is 3.59. The Bertz CT molecular complexity index is 1010. The monoisotopic (exact) mass is 348 g/mol. The van der Waals surface area contributed by atoms with Crippen LogP contribution in [0, 0.1) is 0 Å². The summed E-state index contributed by atoms with van der Waals surface area (Å²) in [6.07, 6.45) is 2.56. The van der Waals surface area contributed by atoms with E-state index in [0.29, 0.717) is 13.0 Å². The minimum atomic E-state index is -0.0531. The second kappa shape index (κ2) is 6.86. The Hall–Kier alpha value is -2.99. The molecule has 0 aliphatic carbocycles. The van der Waals surface area contributed by atoms with Gasteiger partial charge in [0.2, 0.25) is 0 Å². The van der Waals surface area contributed by atoms with Gasteiger partial charge in [-0.05, 0) is 29.1 Å². The van der Waals surface area contributed by atoms with E-state index >= 15 is 0 Å². The van der Waals surface area contributed by atoms with E-state index < -0.39 is 0 Å². The Morgan fingerprint density at radius 3 is 2.76 bits per heavy atom. The first-order chi connectivity index (χ1) is 12.3. The van der Waals surface area contributed by atoms with Gasteiger partial charge < -0.3 is 5.32 Å². The number of hydrogen-bond donors (Lipinski definition) is 1. The summed E-state index contributed by atoms with van der Waals surface area (Å²) in [7, 11) is 0. The van der Waals surface area contributed by atoms with Crippen LogP contribution in [0.4, 0.5) is 0 Å². The van der Waals surface area contributed by atoms with E-state index in [4.69, 9.17) is 0 Å². The van der Waals surface area contributed by atoms with Gasteiger partial charge in [0.1, 0.15) is 5.82 Å². The van der Waals surface area contributed by atoms with Gasteiger partial charge in [-0.15, -0.1) is 21.5 Å². The molecule has 0 aliphatic heterocycles. The maximum absolute atomic E-state index is 12.5. The van der Waals surface area contributed by atoms with Gasteiger partial charge in [0, 0.05) is 24.7 Å². The Labute approximate surface area is 149 Å². The van der Waals surface area contributed by atoms with Crippen LogP contribution >= 0.6 is 11.3 Å². The van der Waals surface area contributed by atoms with E-state index in [1.165, 1.54) is 11.3 Å². The number of pyridine rings is 1. The predicted molar refractivity (Wildman–Crippen MR) is 98.8 cm³/mol. The number of hydrogen-bond acceptors (Lipinski definition) is 4. The summed E-state index contributed by atoms with van der Waals surface area (Å²) in [6, 6.07) is 17.7. The SMILES string of the molecule is O=C(NCCc1nnc2ccccn12)c1sccc1-c1ccccc1. The zero-order chi connectivity index (χ0) is 17.1. The summed E-state index contributed by atoms with van der Waals surface area (Å²) in [5.41, 5.74) is 2.84. The number of aromatic nitrogens is 3. The highest BCUT2D eigenvalue weighted by Crippen LogP contribution is 2.27. The van der Waals surface area contributed by atoms with Crippen LogP contribution in [0.25, 0.3) is 16.8 Å². The summed E-state index contributed by atoms with van der Waals surface area (Å²) in [5, 5.41) is 13.2. The van der Waals surface area contributed by atoms with Crippen LogP contribution in [0.2, 0.25) is 0 Å². The molecule has 1 amide bonds. The van der Waals surface area contributed by atoms with Crippen LogP contribution in [0.3, 0.4) is 0 Å². The van der Waals surface area contributed by atoms with Crippen molar-refractivity contribution in [3.8, 4) is 11.1 Å². The van der Waals surface area contributed by atoms with E-state index in [1.54, 1.807) is 0 Å². The Morgan fingerprint density at radius 1 is 1.04 bits per heavy atom. The van der Waals surface area contributed by atoms with Crippen LogP contribution in [0.1, 0.15) is 15.5 Å². The largest absolute Gasteiger partial charge is 0.351 e. The standard InChI is InChI=1S/C19H16N4OS/c24-19(18-15(10-13-25-18)14-6-2-1-3-7-14)20-11-9-17-22-21-16-8-4-5-12-23(16)17/h1-8,10,12-13H,9,11H2,(H,20,24). The minimum absolute atomic E-state index is 0.0531. The molecule has 0 saturated carbocycles. The highest BCUT2D eigenvalue weighted by molar-refractivity contribution is 7.12. The van der Waals surface area contributed by atoms with E-state index in [1.807, 2.05) is 70.6 Å². The number of carbonyl (C=O) groups excluding carboxylic acids is 1. The van der Waals surface area contributed by atoms with E-state index in [0.717, 1.165) is 27.5 Å². The topological polar surface area (TPSA) is 59.3 Å². The average molecular weight is 348 g/mol. The van der Waals surface area contributed by atoms with Crippen molar-refractivity contribution in [3.63, 3.8) is 0 Å². The van der Waals surface area contributed by atoms with Gasteiger partial charge in [-0.2, -0.15) is 0 Å². The first-order valence-corrected chi connectivity index (χ1v) is 8.90. The molecular formula is C19H16N4OS. The number of carbonyl (C=O) groups is 1. The molecule has 4 rings (SSSR count). The van der Waals surface area contributed by atoms with E-state index in [-0.39, 0.29) is 5.91 Å². The molecule has 0 unspecified atom stereocenters. The molecule has 5 nitrogen and oxygen atoms in total. The molecule has 6 heteroatoms. The van der Waals surface area contributed by atoms with Gasteiger partial charge in [0.05, 0.1) is 4.88 Å². The average Bonchev–Trinajstić information content (AvgIpc) is 3.30. The second-order valence-electron chi connectivity index (χ2n) is 5.58. The molecule has 0 aliphatic rings. The molecule has 0 atom stereocenters. The second-order valence-corrected chi connectivity index (χ2v) is 6.50. The Morgan fingerprint density at radius 2 is 1.88 bits per heavy atom. The Kier molecular flexibility index (Phi) is 4.26. The van der Waals surface area contributed by atoms with Crippen LogP contribution in [-0.2, 0) is 6.42 Å². The highest BCUT2D eigenvalue weighted by Gasteiger charge is 2.14. The van der Waals surface area contributed by atoms with E-state index in [9.17, 15) is 4.79 Å². The molecule has 0 bridgehead atoms. The first-order valence-electron chi connectivity index (χ1n) is 8.03. The number of rotatable bonds is 5. The lowest BCUT2D eigenvalue weighted by atomic mass is 10.1. The van der Waals surface area contributed by atoms with Crippen LogP contribution in [0.5, 0.6) is 0 Å². The summed E-state index contributed by atoms with van der Waals surface area (Å²) in [4.78, 5) is 13.3. The third kappa shape index (κ3) is 3.16.